The summed E-state index contributed by atoms with van der Waals surface area (Å²) in [6.45, 7) is 0.0611. The van der Waals surface area contributed by atoms with Gasteiger partial charge < -0.3 is 18.7 Å². The number of methoxy groups -OCH3 is 2. The molecule has 0 fully saturated rings. The number of carbonyl (C=O) groups excluding carboxylic acids is 1. The second-order valence-corrected chi connectivity index (χ2v) is 6.73. The third-order valence-electron chi connectivity index (χ3n) is 4.70. The van der Waals surface area contributed by atoms with Crippen LogP contribution in [0.3, 0.4) is 0 Å². The molecule has 0 N–H and O–H groups in total. The lowest BCUT2D eigenvalue weighted by Crippen LogP contribution is -2.01. The summed E-state index contributed by atoms with van der Waals surface area (Å²) < 4.78 is 34.5. The lowest BCUT2D eigenvalue weighted by atomic mass is 10.0. The highest BCUT2D eigenvalue weighted by Crippen LogP contribution is 2.31. The summed E-state index contributed by atoms with van der Waals surface area (Å²) >= 11 is 0. The fourth-order valence-electron chi connectivity index (χ4n) is 3.02. The predicted octanol–water partition coefficient (Wildman–Crippen LogP) is 4.70. The molecular weight excluding hydrogens is 415 g/mol. The fourth-order valence-corrected chi connectivity index (χ4v) is 3.02. The van der Waals surface area contributed by atoms with Gasteiger partial charge in [0.25, 0.3) is 5.89 Å². The van der Waals surface area contributed by atoms with Gasteiger partial charge in [-0.3, -0.25) is 4.79 Å². The Labute approximate surface area is 183 Å². The molecule has 0 aliphatic carbocycles. The molecule has 0 amide bonds. The van der Waals surface area contributed by atoms with Crippen molar-refractivity contribution in [3.8, 4) is 28.6 Å². The molecule has 0 saturated heterocycles. The zero-order chi connectivity index (χ0) is 22.5. The SMILES string of the molecule is COc1ccc(-c2noc(COc3ccc(C(=O)c4ccc(F)cc4)cc3)n2)cc1OC. The molecular formula is C24H19FN2O5. The van der Waals surface area contributed by atoms with E-state index in [1.165, 1.54) is 24.3 Å². The van der Waals surface area contributed by atoms with Crippen molar-refractivity contribution < 1.29 is 27.9 Å². The Morgan fingerprint density at radius 2 is 1.56 bits per heavy atom. The van der Waals surface area contributed by atoms with E-state index in [-0.39, 0.29) is 18.2 Å². The quantitative estimate of drug-likeness (QED) is 0.372. The number of ether oxygens (including phenoxy) is 3. The van der Waals surface area contributed by atoms with Gasteiger partial charge in [0.2, 0.25) is 5.82 Å². The van der Waals surface area contributed by atoms with Crippen LogP contribution in [-0.4, -0.2) is 30.1 Å². The summed E-state index contributed by atoms with van der Waals surface area (Å²) in [4.78, 5) is 16.8. The van der Waals surface area contributed by atoms with Crippen LogP contribution in [-0.2, 0) is 6.61 Å². The molecule has 7 nitrogen and oxygen atoms in total. The van der Waals surface area contributed by atoms with Crippen molar-refractivity contribution >= 4 is 5.78 Å². The van der Waals surface area contributed by atoms with Crippen molar-refractivity contribution in [3.05, 3.63) is 89.6 Å². The Balaban J connectivity index is 1.40. The van der Waals surface area contributed by atoms with Crippen molar-refractivity contribution in [1.82, 2.24) is 10.1 Å². The van der Waals surface area contributed by atoms with Crippen LogP contribution in [0.1, 0.15) is 21.8 Å². The number of aromatic nitrogens is 2. The van der Waals surface area contributed by atoms with Crippen LogP contribution in [0.5, 0.6) is 17.2 Å². The average molecular weight is 434 g/mol. The van der Waals surface area contributed by atoms with Gasteiger partial charge in [0.05, 0.1) is 14.2 Å². The van der Waals surface area contributed by atoms with Crippen LogP contribution < -0.4 is 14.2 Å². The molecule has 3 aromatic carbocycles. The summed E-state index contributed by atoms with van der Waals surface area (Å²) in [7, 11) is 3.11. The first kappa shape index (κ1) is 21.0. The maximum atomic E-state index is 13.0. The molecule has 0 spiro atoms. The molecule has 0 saturated carbocycles. The van der Waals surface area contributed by atoms with E-state index < -0.39 is 0 Å². The average Bonchev–Trinajstić information content (AvgIpc) is 3.32. The molecule has 0 atom stereocenters. The van der Waals surface area contributed by atoms with E-state index in [4.69, 9.17) is 18.7 Å². The highest BCUT2D eigenvalue weighted by atomic mass is 19.1. The molecule has 1 heterocycles. The summed E-state index contributed by atoms with van der Waals surface area (Å²) in [5.41, 5.74) is 1.59. The van der Waals surface area contributed by atoms with Crippen molar-refractivity contribution in [2.75, 3.05) is 14.2 Å². The number of hydrogen-bond acceptors (Lipinski definition) is 7. The number of benzene rings is 3. The highest BCUT2D eigenvalue weighted by Gasteiger charge is 2.13. The smallest absolute Gasteiger partial charge is 0.264 e. The van der Waals surface area contributed by atoms with Gasteiger partial charge in [-0.15, -0.1) is 0 Å². The molecule has 0 aliphatic heterocycles. The number of halogens is 1. The fraction of sp³-hybridized carbons (Fsp3) is 0.125. The molecule has 0 aliphatic rings. The van der Waals surface area contributed by atoms with Crippen molar-refractivity contribution in [2.45, 2.75) is 6.61 Å². The summed E-state index contributed by atoms with van der Waals surface area (Å²) in [5.74, 6) is 1.79. The lowest BCUT2D eigenvalue weighted by Gasteiger charge is -2.07. The number of nitrogens with zero attached hydrogens (tertiary/aromatic N) is 2. The third kappa shape index (κ3) is 4.59. The van der Waals surface area contributed by atoms with Crippen molar-refractivity contribution in [2.24, 2.45) is 0 Å². The van der Waals surface area contributed by atoms with Crippen LogP contribution in [0.4, 0.5) is 4.39 Å². The van der Waals surface area contributed by atoms with Gasteiger partial charge in [0, 0.05) is 16.7 Å². The van der Waals surface area contributed by atoms with Crippen LogP contribution in [0.2, 0.25) is 0 Å². The lowest BCUT2D eigenvalue weighted by molar-refractivity contribution is 0.103. The molecule has 4 rings (SSSR count). The predicted molar refractivity (Wildman–Crippen MR) is 113 cm³/mol. The van der Waals surface area contributed by atoms with Gasteiger partial charge in [0.1, 0.15) is 11.6 Å². The maximum absolute atomic E-state index is 13.0. The van der Waals surface area contributed by atoms with E-state index in [1.807, 2.05) is 0 Å². The zero-order valence-electron chi connectivity index (χ0n) is 17.4. The normalized spacial score (nSPS) is 10.6. The Morgan fingerprint density at radius 3 is 2.22 bits per heavy atom. The van der Waals surface area contributed by atoms with Crippen LogP contribution in [0.15, 0.2) is 71.3 Å². The Bertz CT molecular complexity index is 1220. The minimum Gasteiger partial charge on any atom is -0.493 e. The van der Waals surface area contributed by atoms with E-state index in [1.54, 1.807) is 56.7 Å². The van der Waals surface area contributed by atoms with Gasteiger partial charge in [-0.25, -0.2) is 4.39 Å². The number of ketones is 1. The molecule has 32 heavy (non-hydrogen) atoms. The number of carbonyl (C=O) groups is 1. The maximum Gasteiger partial charge on any atom is 0.264 e. The van der Waals surface area contributed by atoms with Crippen LogP contribution >= 0.6 is 0 Å². The molecule has 4 aromatic rings. The first-order chi connectivity index (χ1) is 15.6. The topological polar surface area (TPSA) is 83.7 Å². The third-order valence-corrected chi connectivity index (χ3v) is 4.70. The van der Waals surface area contributed by atoms with Gasteiger partial charge in [-0.1, -0.05) is 5.16 Å². The van der Waals surface area contributed by atoms with Gasteiger partial charge >= 0.3 is 0 Å². The largest absolute Gasteiger partial charge is 0.493 e. The summed E-state index contributed by atoms with van der Waals surface area (Å²) in [5, 5.41) is 3.97. The minimum atomic E-state index is -0.388. The molecule has 0 unspecified atom stereocenters. The van der Waals surface area contributed by atoms with E-state index in [9.17, 15) is 9.18 Å². The zero-order valence-corrected chi connectivity index (χ0v) is 17.4. The van der Waals surface area contributed by atoms with E-state index in [0.717, 1.165) is 0 Å². The minimum absolute atomic E-state index is 0.0611. The number of rotatable bonds is 8. The van der Waals surface area contributed by atoms with E-state index in [2.05, 4.69) is 10.1 Å². The molecule has 0 bridgehead atoms. The Morgan fingerprint density at radius 1 is 0.906 bits per heavy atom. The van der Waals surface area contributed by atoms with E-state index >= 15 is 0 Å². The van der Waals surface area contributed by atoms with Crippen molar-refractivity contribution in [3.63, 3.8) is 0 Å². The van der Waals surface area contributed by atoms with Gasteiger partial charge in [0.15, 0.2) is 23.9 Å². The number of hydrogen-bond donors (Lipinski definition) is 0. The van der Waals surface area contributed by atoms with Gasteiger partial charge in [-0.2, -0.15) is 4.98 Å². The molecule has 162 valence electrons. The molecule has 1 aromatic heterocycles. The second kappa shape index (κ2) is 9.30. The first-order valence-corrected chi connectivity index (χ1v) is 9.65. The highest BCUT2D eigenvalue weighted by molar-refractivity contribution is 6.09. The van der Waals surface area contributed by atoms with Gasteiger partial charge in [-0.05, 0) is 66.7 Å². The molecule has 0 radical (unpaired) electrons. The standard InChI is InChI=1S/C24H19FN2O5/c1-29-20-12-7-17(13-21(20)30-2)24-26-22(32-27-24)14-31-19-10-5-16(6-11-19)23(28)15-3-8-18(25)9-4-15/h3-13H,14H2,1-2H3. The monoisotopic (exact) mass is 434 g/mol. The van der Waals surface area contributed by atoms with E-state index in [0.29, 0.717) is 45.7 Å². The van der Waals surface area contributed by atoms with Crippen molar-refractivity contribution in [1.29, 1.82) is 0 Å². The van der Waals surface area contributed by atoms with Crippen LogP contribution in [0, 0.1) is 5.82 Å². The summed E-state index contributed by atoms with van der Waals surface area (Å²) in [6.07, 6.45) is 0. The van der Waals surface area contributed by atoms with Crippen LogP contribution in [0.25, 0.3) is 11.4 Å². The Hall–Kier alpha value is -4.20. The summed E-state index contributed by atoms with van der Waals surface area (Å²) in [6, 6.07) is 17.4. The second-order valence-electron chi connectivity index (χ2n) is 6.73. The molecule has 8 heteroatoms. The first-order valence-electron chi connectivity index (χ1n) is 9.65. The Kier molecular flexibility index (Phi) is 6.12.